The average Bonchev–Trinajstić information content (AvgIpc) is 2.75. The van der Waals surface area contributed by atoms with E-state index >= 15 is 0 Å². The molecule has 78 valence electrons. The number of rotatable bonds is 1. The van der Waals surface area contributed by atoms with Gasteiger partial charge < -0.3 is 4.52 Å². The standard InChI is InChI=1S/C13H8ClNO/c14-13-8-12(15-16-13)11-7-3-5-9-4-1-2-6-10(9)11/h1-8H. The van der Waals surface area contributed by atoms with Crippen LogP contribution in [-0.4, -0.2) is 5.16 Å². The van der Waals surface area contributed by atoms with Gasteiger partial charge in [0.25, 0.3) is 0 Å². The fourth-order valence-electron chi connectivity index (χ4n) is 1.83. The van der Waals surface area contributed by atoms with Crippen LogP contribution in [0.2, 0.25) is 5.22 Å². The predicted octanol–water partition coefficient (Wildman–Crippen LogP) is 4.15. The van der Waals surface area contributed by atoms with E-state index in [1.165, 1.54) is 5.39 Å². The molecule has 1 aromatic heterocycles. The normalized spacial score (nSPS) is 10.8. The van der Waals surface area contributed by atoms with Crippen molar-refractivity contribution in [1.29, 1.82) is 0 Å². The average molecular weight is 230 g/mol. The van der Waals surface area contributed by atoms with Crippen LogP contribution in [0, 0.1) is 0 Å². The fraction of sp³-hybridized carbons (Fsp3) is 0. The molecule has 0 amide bonds. The first-order valence-electron chi connectivity index (χ1n) is 4.95. The molecule has 2 aromatic carbocycles. The molecule has 0 radical (unpaired) electrons. The summed E-state index contributed by atoms with van der Waals surface area (Å²) in [5.41, 5.74) is 1.80. The van der Waals surface area contributed by atoms with Crippen LogP contribution in [0.15, 0.2) is 53.1 Å². The molecule has 16 heavy (non-hydrogen) atoms. The molecule has 0 N–H and O–H groups in total. The number of benzene rings is 2. The molecule has 0 saturated heterocycles. The molecule has 0 unspecified atom stereocenters. The Morgan fingerprint density at radius 2 is 1.81 bits per heavy atom. The van der Waals surface area contributed by atoms with E-state index in [0.717, 1.165) is 16.6 Å². The van der Waals surface area contributed by atoms with E-state index in [9.17, 15) is 0 Å². The first-order valence-corrected chi connectivity index (χ1v) is 5.33. The van der Waals surface area contributed by atoms with E-state index in [4.69, 9.17) is 16.1 Å². The Morgan fingerprint density at radius 3 is 2.62 bits per heavy atom. The van der Waals surface area contributed by atoms with E-state index in [1.807, 2.05) is 24.3 Å². The molecule has 3 rings (SSSR count). The van der Waals surface area contributed by atoms with Gasteiger partial charge in [0.1, 0.15) is 5.69 Å². The molecule has 0 atom stereocenters. The maximum absolute atomic E-state index is 5.73. The lowest BCUT2D eigenvalue weighted by atomic mass is 10.0. The lowest BCUT2D eigenvalue weighted by Crippen LogP contribution is -1.80. The summed E-state index contributed by atoms with van der Waals surface area (Å²) in [6, 6.07) is 16.0. The fourth-order valence-corrected chi connectivity index (χ4v) is 1.97. The van der Waals surface area contributed by atoms with Crippen molar-refractivity contribution in [2.45, 2.75) is 0 Å². The maximum Gasteiger partial charge on any atom is 0.226 e. The van der Waals surface area contributed by atoms with E-state index in [2.05, 4.69) is 23.4 Å². The lowest BCUT2D eigenvalue weighted by molar-refractivity contribution is 0.424. The molecular formula is C13H8ClNO. The van der Waals surface area contributed by atoms with E-state index in [-0.39, 0.29) is 0 Å². The molecular weight excluding hydrogens is 222 g/mol. The minimum absolute atomic E-state index is 0.308. The highest BCUT2D eigenvalue weighted by atomic mass is 35.5. The quantitative estimate of drug-likeness (QED) is 0.627. The molecule has 0 aliphatic heterocycles. The van der Waals surface area contributed by atoms with E-state index < -0.39 is 0 Å². The molecule has 0 aliphatic carbocycles. The second-order valence-corrected chi connectivity index (χ2v) is 3.92. The molecule has 0 spiro atoms. The van der Waals surface area contributed by atoms with Crippen molar-refractivity contribution in [1.82, 2.24) is 5.16 Å². The predicted molar refractivity (Wildman–Crippen MR) is 64.5 cm³/mol. The van der Waals surface area contributed by atoms with E-state index in [1.54, 1.807) is 6.07 Å². The Kier molecular flexibility index (Phi) is 2.15. The first kappa shape index (κ1) is 9.43. The second kappa shape index (κ2) is 3.65. The Balaban J connectivity index is 2.31. The van der Waals surface area contributed by atoms with E-state index in [0.29, 0.717) is 5.22 Å². The molecule has 3 aromatic rings. The van der Waals surface area contributed by atoms with Gasteiger partial charge in [-0.25, -0.2) is 0 Å². The lowest BCUT2D eigenvalue weighted by Gasteiger charge is -2.02. The zero-order chi connectivity index (χ0) is 11.0. The third-order valence-corrected chi connectivity index (χ3v) is 2.73. The Hall–Kier alpha value is -1.80. The van der Waals surface area contributed by atoms with Gasteiger partial charge in [-0.15, -0.1) is 0 Å². The zero-order valence-corrected chi connectivity index (χ0v) is 9.11. The van der Waals surface area contributed by atoms with Crippen molar-refractivity contribution in [3.05, 3.63) is 53.8 Å². The van der Waals surface area contributed by atoms with Gasteiger partial charge >= 0.3 is 0 Å². The summed E-state index contributed by atoms with van der Waals surface area (Å²) >= 11 is 5.73. The van der Waals surface area contributed by atoms with Gasteiger partial charge in [-0.2, -0.15) is 0 Å². The van der Waals surface area contributed by atoms with Gasteiger partial charge in [-0.1, -0.05) is 47.6 Å². The van der Waals surface area contributed by atoms with Crippen LogP contribution >= 0.6 is 11.6 Å². The number of fused-ring (bicyclic) bond motifs is 1. The summed E-state index contributed by atoms with van der Waals surface area (Å²) in [6.45, 7) is 0. The largest absolute Gasteiger partial charge is 0.344 e. The molecule has 2 nitrogen and oxygen atoms in total. The van der Waals surface area contributed by atoms with Crippen molar-refractivity contribution in [3.8, 4) is 11.3 Å². The van der Waals surface area contributed by atoms with Crippen molar-refractivity contribution in [2.24, 2.45) is 0 Å². The molecule has 0 aliphatic rings. The summed E-state index contributed by atoms with van der Waals surface area (Å²) in [6.07, 6.45) is 0. The highest BCUT2D eigenvalue weighted by Crippen LogP contribution is 2.28. The van der Waals surface area contributed by atoms with Crippen molar-refractivity contribution >= 4 is 22.4 Å². The Labute approximate surface area is 97.4 Å². The number of hydrogen-bond acceptors (Lipinski definition) is 2. The second-order valence-electron chi connectivity index (χ2n) is 3.54. The minimum atomic E-state index is 0.308. The third-order valence-electron chi connectivity index (χ3n) is 2.55. The third kappa shape index (κ3) is 1.48. The Bertz CT molecular complexity index is 640. The summed E-state index contributed by atoms with van der Waals surface area (Å²) in [5.74, 6) is 0. The van der Waals surface area contributed by atoms with Crippen LogP contribution in [0.1, 0.15) is 0 Å². The smallest absolute Gasteiger partial charge is 0.226 e. The van der Waals surface area contributed by atoms with Gasteiger partial charge in [0.05, 0.1) is 0 Å². The first-order chi connectivity index (χ1) is 7.84. The number of halogens is 1. The summed E-state index contributed by atoms with van der Waals surface area (Å²) in [5, 5.41) is 6.57. The van der Waals surface area contributed by atoms with Crippen LogP contribution in [0.3, 0.4) is 0 Å². The van der Waals surface area contributed by atoms with Gasteiger partial charge in [0.15, 0.2) is 0 Å². The van der Waals surface area contributed by atoms with Gasteiger partial charge in [0.2, 0.25) is 5.22 Å². The zero-order valence-electron chi connectivity index (χ0n) is 8.35. The summed E-state index contributed by atoms with van der Waals surface area (Å²) in [4.78, 5) is 0. The van der Waals surface area contributed by atoms with Crippen molar-refractivity contribution < 1.29 is 4.52 Å². The highest BCUT2D eigenvalue weighted by Gasteiger charge is 2.07. The van der Waals surface area contributed by atoms with Gasteiger partial charge in [-0.05, 0) is 22.4 Å². The van der Waals surface area contributed by atoms with Crippen LogP contribution in [0.25, 0.3) is 22.0 Å². The molecule has 3 heteroatoms. The van der Waals surface area contributed by atoms with Crippen LogP contribution in [-0.2, 0) is 0 Å². The molecule has 0 bridgehead atoms. The number of hydrogen-bond donors (Lipinski definition) is 0. The maximum atomic E-state index is 5.73. The number of aromatic nitrogens is 1. The number of nitrogens with zero attached hydrogens (tertiary/aromatic N) is 1. The Morgan fingerprint density at radius 1 is 1.00 bits per heavy atom. The van der Waals surface area contributed by atoms with Crippen LogP contribution in [0.5, 0.6) is 0 Å². The summed E-state index contributed by atoms with van der Waals surface area (Å²) in [7, 11) is 0. The summed E-state index contributed by atoms with van der Waals surface area (Å²) < 4.78 is 4.88. The topological polar surface area (TPSA) is 26.0 Å². The molecule has 0 fully saturated rings. The van der Waals surface area contributed by atoms with Crippen LogP contribution < -0.4 is 0 Å². The van der Waals surface area contributed by atoms with Crippen LogP contribution in [0.4, 0.5) is 0 Å². The SMILES string of the molecule is Clc1cc(-c2cccc3ccccc23)no1. The van der Waals surface area contributed by atoms with Crippen molar-refractivity contribution in [3.63, 3.8) is 0 Å². The highest BCUT2D eigenvalue weighted by molar-refractivity contribution is 6.29. The minimum Gasteiger partial charge on any atom is -0.344 e. The van der Waals surface area contributed by atoms with Gasteiger partial charge in [0, 0.05) is 11.6 Å². The van der Waals surface area contributed by atoms with Crippen molar-refractivity contribution in [2.75, 3.05) is 0 Å². The molecule has 0 saturated carbocycles. The monoisotopic (exact) mass is 229 g/mol. The molecule has 1 heterocycles. The van der Waals surface area contributed by atoms with Gasteiger partial charge in [-0.3, -0.25) is 0 Å².